The van der Waals surface area contributed by atoms with Crippen molar-refractivity contribution in [3.63, 3.8) is 0 Å². The fourth-order valence-corrected chi connectivity index (χ4v) is 2.62. The molecule has 114 valence electrons. The van der Waals surface area contributed by atoms with Gasteiger partial charge in [0, 0.05) is 26.6 Å². The molecule has 0 saturated heterocycles. The summed E-state index contributed by atoms with van der Waals surface area (Å²) in [6.07, 6.45) is 0.617. The van der Waals surface area contributed by atoms with Gasteiger partial charge in [-0.1, -0.05) is 13.8 Å². The maximum absolute atomic E-state index is 11.6. The first-order chi connectivity index (χ1) is 8.76. The third-order valence-electron chi connectivity index (χ3n) is 2.43. The van der Waals surface area contributed by atoms with E-state index in [2.05, 4.69) is 9.44 Å². The smallest absolute Gasteiger partial charge is 0.303 e. The molecule has 0 amide bonds. The van der Waals surface area contributed by atoms with Gasteiger partial charge in [-0.05, 0) is 18.3 Å². The zero-order valence-electron chi connectivity index (χ0n) is 11.7. The topological polar surface area (TPSA) is 105 Å². The molecule has 0 bridgehead atoms. The molecule has 0 rings (SSSR count). The molecule has 0 spiro atoms. The molecule has 0 heterocycles. The largest absolute Gasteiger partial charge is 0.481 e. The van der Waals surface area contributed by atoms with E-state index in [1.54, 1.807) is 0 Å². The average Bonchev–Trinajstić information content (AvgIpc) is 2.25. The highest BCUT2D eigenvalue weighted by atomic mass is 32.2. The van der Waals surface area contributed by atoms with E-state index in [4.69, 9.17) is 9.84 Å². The lowest BCUT2D eigenvalue weighted by atomic mass is 9.94. The van der Waals surface area contributed by atoms with Crippen LogP contribution in [0.5, 0.6) is 0 Å². The number of hydrogen-bond donors (Lipinski definition) is 3. The van der Waals surface area contributed by atoms with Crippen LogP contribution in [0.25, 0.3) is 0 Å². The fourth-order valence-electron chi connectivity index (χ4n) is 1.71. The van der Waals surface area contributed by atoms with Gasteiger partial charge in [-0.25, -0.2) is 4.72 Å². The van der Waals surface area contributed by atoms with Crippen molar-refractivity contribution in [3.8, 4) is 0 Å². The maximum atomic E-state index is 11.6. The fraction of sp³-hybridized carbons (Fsp3) is 0.909. The molecule has 0 aliphatic carbocycles. The van der Waals surface area contributed by atoms with Gasteiger partial charge in [-0.2, -0.15) is 13.1 Å². The molecule has 1 atom stereocenters. The molecule has 0 aliphatic heterocycles. The van der Waals surface area contributed by atoms with E-state index >= 15 is 0 Å². The number of hydrogen-bond acceptors (Lipinski definition) is 4. The Kier molecular flexibility index (Phi) is 8.90. The second-order valence-corrected chi connectivity index (χ2v) is 6.42. The molecule has 3 N–H and O–H groups in total. The first-order valence-corrected chi connectivity index (χ1v) is 7.70. The van der Waals surface area contributed by atoms with Gasteiger partial charge in [-0.3, -0.25) is 4.79 Å². The highest BCUT2D eigenvalue weighted by Gasteiger charge is 2.18. The SMILES string of the molecule is COCCNS(=O)(=O)NCC(CC(=O)O)CC(C)C. The van der Waals surface area contributed by atoms with Crippen molar-refractivity contribution >= 4 is 16.2 Å². The number of ether oxygens (including phenoxy) is 1. The Morgan fingerprint density at radius 3 is 2.42 bits per heavy atom. The Bertz CT molecular complexity index is 356. The Labute approximate surface area is 114 Å². The van der Waals surface area contributed by atoms with Crippen LogP contribution >= 0.6 is 0 Å². The summed E-state index contributed by atoms with van der Waals surface area (Å²) < 4.78 is 32.5. The molecular formula is C11H24N2O5S. The highest BCUT2D eigenvalue weighted by molar-refractivity contribution is 7.87. The standard InChI is InChI=1S/C11H24N2O5S/c1-9(2)6-10(7-11(14)15)8-13-19(16,17)12-4-5-18-3/h9-10,12-13H,4-8H2,1-3H3,(H,14,15). The Balaban J connectivity index is 4.24. The third kappa shape index (κ3) is 10.9. The summed E-state index contributed by atoms with van der Waals surface area (Å²) in [5.74, 6) is -0.816. The van der Waals surface area contributed by atoms with Crippen LogP contribution in [0.4, 0.5) is 0 Å². The van der Waals surface area contributed by atoms with E-state index in [1.165, 1.54) is 7.11 Å². The van der Waals surface area contributed by atoms with Crippen molar-refractivity contribution < 1.29 is 23.1 Å². The number of carbonyl (C=O) groups is 1. The summed E-state index contributed by atoms with van der Waals surface area (Å²) in [6.45, 7) is 4.53. The molecule has 7 nitrogen and oxygen atoms in total. The summed E-state index contributed by atoms with van der Waals surface area (Å²) >= 11 is 0. The van der Waals surface area contributed by atoms with Crippen LogP contribution < -0.4 is 9.44 Å². The van der Waals surface area contributed by atoms with Crippen molar-refractivity contribution in [2.24, 2.45) is 11.8 Å². The molecule has 0 radical (unpaired) electrons. The van der Waals surface area contributed by atoms with Crippen molar-refractivity contribution in [3.05, 3.63) is 0 Å². The average molecular weight is 296 g/mol. The minimum Gasteiger partial charge on any atom is -0.481 e. The van der Waals surface area contributed by atoms with Crippen LogP contribution in [-0.2, 0) is 19.7 Å². The molecule has 0 aromatic rings. The van der Waals surface area contributed by atoms with E-state index < -0.39 is 16.2 Å². The van der Waals surface area contributed by atoms with Gasteiger partial charge < -0.3 is 9.84 Å². The van der Waals surface area contributed by atoms with Crippen LogP contribution in [0.3, 0.4) is 0 Å². The molecule has 8 heteroatoms. The zero-order valence-corrected chi connectivity index (χ0v) is 12.5. The summed E-state index contributed by atoms with van der Waals surface area (Å²) in [5.41, 5.74) is 0. The Morgan fingerprint density at radius 2 is 1.95 bits per heavy atom. The molecule has 0 aromatic heterocycles. The first-order valence-electron chi connectivity index (χ1n) is 6.21. The van der Waals surface area contributed by atoms with Gasteiger partial charge in [0.1, 0.15) is 0 Å². The predicted octanol–water partition coefficient (Wildman–Crippen LogP) is 0.194. The van der Waals surface area contributed by atoms with Gasteiger partial charge in [0.2, 0.25) is 0 Å². The number of nitrogens with one attached hydrogen (secondary N) is 2. The monoisotopic (exact) mass is 296 g/mol. The van der Waals surface area contributed by atoms with E-state index in [-0.39, 0.29) is 32.0 Å². The lowest BCUT2D eigenvalue weighted by molar-refractivity contribution is -0.138. The minimum absolute atomic E-state index is 0.0429. The Morgan fingerprint density at radius 1 is 1.32 bits per heavy atom. The number of aliphatic carboxylic acids is 1. The number of carboxylic acid groups (broad SMARTS) is 1. The lowest BCUT2D eigenvalue weighted by Crippen LogP contribution is -2.40. The summed E-state index contributed by atoms with van der Waals surface area (Å²) in [6, 6.07) is 0. The third-order valence-corrected chi connectivity index (χ3v) is 3.56. The number of rotatable bonds is 11. The van der Waals surface area contributed by atoms with Crippen molar-refractivity contribution in [1.82, 2.24) is 9.44 Å². The molecule has 19 heavy (non-hydrogen) atoms. The van der Waals surface area contributed by atoms with Crippen LogP contribution in [0.15, 0.2) is 0 Å². The molecule has 0 aromatic carbocycles. The summed E-state index contributed by atoms with van der Waals surface area (Å²) in [4.78, 5) is 10.7. The zero-order chi connectivity index (χ0) is 14.9. The number of methoxy groups -OCH3 is 1. The molecular weight excluding hydrogens is 272 g/mol. The molecule has 0 fully saturated rings. The van der Waals surface area contributed by atoms with Crippen LogP contribution in [0, 0.1) is 11.8 Å². The minimum atomic E-state index is -3.59. The molecule has 0 saturated carbocycles. The van der Waals surface area contributed by atoms with Crippen LogP contribution in [0.1, 0.15) is 26.7 Å². The number of carboxylic acids is 1. The van der Waals surface area contributed by atoms with Crippen molar-refractivity contribution in [2.45, 2.75) is 26.7 Å². The van der Waals surface area contributed by atoms with E-state index in [9.17, 15) is 13.2 Å². The van der Waals surface area contributed by atoms with Gasteiger partial charge in [0.15, 0.2) is 0 Å². The predicted molar refractivity (Wildman–Crippen MR) is 72.0 cm³/mol. The molecule has 0 aliphatic rings. The van der Waals surface area contributed by atoms with Gasteiger partial charge in [0.05, 0.1) is 6.61 Å². The summed E-state index contributed by atoms with van der Waals surface area (Å²) in [7, 11) is -2.11. The second-order valence-electron chi connectivity index (χ2n) is 4.83. The van der Waals surface area contributed by atoms with Gasteiger partial charge in [-0.15, -0.1) is 0 Å². The molecule has 1 unspecified atom stereocenters. The summed E-state index contributed by atoms with van der Waals surface area (Å²) in [5, 5.41) is 8.79. The van der Waals surface area contributed by atoms with Gasteiger partial charge >= 0.3 is 5.97 Å². The Hall–Kier alpha value is -0.700. The van der Waals surface area contributed by atoms with E-state index in [0.29, 0.717) is 12.3 Å². The quantitative estimate of drug-likeness (QED) is 0.472. The first kappa shape index (κ1) is 18.3. The van der Waals surface area contributed by atoms with E-state index in [1.807, 2.05) is 13.8 Å². The second kappa shape index (κ2) is 9.24. The normalized spacial score (nSPS) is 13.7. The lowest BCUT2D eigenvalue weighted by Gasteiger charge is -2.18. The van der Waals surface area contributed by atoms with Gasteiger partial charge in [0.25, 0.3) is 10.2 Å². The van der Waals surface area contributed by atoms with Crippen molar-refractivity contribution in [1.29, 1.82) is 0 Å². The van der Waals surface area contributed by atoms with Crippen LogP contribution in [-0.4, -0.2) is 46.3 Å². The van der Waals surface area contributed by atoms with Crippen molar-refractivity contribution in [2.75, 3.05) is 26.8 Å². The maximum Gasteiger partial charge on any atom is 0.303 e. The highest BCUT2D eigenvalue weighted by Crippen LogP contribution is 2.14. The van der Waals surface area contributed by atoms with Crippen LogP contribution in [0.2, 0.25) is 0 Å². The van der Waals surface area contributed by atoms with E-state index in [0.717, 1.165) is 0 Å².